The van der Waals surface area contributed by atoms with Crippen molar-refractivity contribution in [1.29, 1.82) is 0 Å². The van der Waals surface area contributed by atoms with Gasteiger partial charge in [0.2, 0.25) is 0 Å². The molecule has 10 heteroatoms. The lowest BCUT2D eigenvalue weighted by atomic mass is 9.96. The number of nitrogens with zero attached hydrogens (tertiary/aromatic N) is 1. The number of amides is 1. The molecule has 0 saturated heterocycles. The third-order valence-corrected chi connectivity index (χ3v) is 6.37. The monoisotopic (exact) mass is 466 g/mol. The maximum Gasteiger partial charge on any atom is 0.259 e. The zero-order chi connectivity index (χ0) is 23.4. The van der Waals surface area contributed by atoms with E-state index in [1.165, 1.54) is 23.9 Å². The lowest BCUT2D eigenvalue weighted by Crippen LogP contribution is -2.37. The van der Waals surface area contributed by atoms with Crippen LogP contribution in [0.2, 0.25) is 0 Å². The Morgan fingerprint density at radius 2 is 1.88 bits per heavy atom. The first-order valence-electron chi connectivity index (χ1n) is 9.95. The van der Waals surface area contributed by atoms with Crippen molar-refractivity contribution < 1.29 is 32.9 Å². The molecule has 0 aromatic heterocycles. The maximum atomic E-state index is 14.8. The Balaban J connectivity index is 1.75. The molecule has 1 aliphatic heterocycles. The fourth-order valence-corrected chi connectivity index (χ4v) is 4.43. The predicted octanol–water partition coefficient (Wildman–Crippen LogP) is 2.69. The molecule has 3 N–H and O–H groups in total. The van der Waals surface area contributed by atoms with E-state index in [0.717, 1.165) is 5.56 Å². The van der Waals surface area contributed by atoms with Crippen LogP contribution in [-0.4, -0.2) is 49.9 Å². The average Bonchev–Trinajstić information content (AvgIpc) is 3.20. The minimum absolute atomic E-state index is 0.0182. The van der Waals surface area contributed by atoms with Gasteiger partial charge in [-0.05, 0) is 36.6 Å². The summed E-state index contributed by atoms with van der Waals surface area (Å²) in [5.41, 5.74) is 3.03. The highest BCUT2D eigenvalue weighted by Crippen LogP contribution is 2.30. The molecule has 3 rings (SSSR count). The Hall–Kier alpha value is -2.69. The molecule has 2 aromatic rings. The van der Waals surface area contributed by atoms with Crippen LogP contribution in [0.25, 0.3) is 11.1 Å². The fraction of sp³-hybridized carbons (Fsp3) is 0.364. The van der Waals surface area contributed by atoms with Crippen molar-refractivity contribution in [2.45, 2.75) is 43.6 Å². The van der Waals surface area contributed by atoms with E-state index < -0.39 is 45.8 Å². The number of benzene rings is 2. The van der Waals surface area contributed by atoms with Crippen molar-refractivity contribution >= 4 is 22.4 Å². The number of hydroxylamine groups is 1. The highest BCUT2D eigenvalue weighted by Gasteiger charge is 2.31. The third-order valence-electron chi connectivity index (χ3n) is 5.16. The Bertz CT molecular complexity index is 1020. The van der Waals surface area contributed by atoms with Crippen LogP contribution in [0.15, 0.2) is 41.6 Å². The Morgan fingerprint density at radius 3 is 2.41 bits per heavy atom. The number of aliphatic hydroxyl groups is 1. The standard InChI is InChI=1S/C22H24F2N2O5S/c1-12(27)7-13-3-5-14(6-4-13)21-17(23)8-15(9-18(21)24)19-10-16(31-26-19)11-20(32(2)30)22(28)25-29/h3-6,8-9,12,16,20,27,29H,7,10-11H2,1-2H3,(H,25,28). The second kappa shape index (κ2) is 10.3. The molecule has 0 bridgehead atoms. The zero-order valence-corrected chi connectivity index (χ0v) is 18.4. The number of rotatable bonds is 8. The van der Waals surface area contributed by atoms with Gasteiger partial charge in [0.05, 0.1) is 17.4 Å². The molecule has 4 unspecified atom stereocenters. The van der Waals surface area contributed by atoms with Crippen molar-refractivity contribution in [2.24, 2.45) is 5.16 Å². The first-order chi connectivity index (χ1) is 15.2. The molecule has 7 nitrogen and oxygen atoms in total. The largest absolute Gasteiger partial charge is 0.393 e. The van der Waals surface area contributed by atoms with Crippen molar-refractivity contribution in [3.63, 3.8) is 0 Å². The summed E-state index contributed by atoms with van der Waals surface area (Å²) >= 11 is 0. The summed E-state index contributed by atoms with van der Waals surface area (Å²) in [7, 11) is -1.56. The highest BCUT2D eigenvalue weighted by atomic mass is 32.2. The minimum Gasteiger partial charge on any atom is -0.393 e. The van der Waals surface area contributed by atoms with Gasteiger partial charge in [-0.2, -0.15) is 0 Å². The Kier molecular flexibility index (Phi) is 7.70. The second-order valence-corrected chi connectivity index (χ2v) is 9.30. The smallest absolute Gasteiger partial charge is 0.259 e. The van der Waals surface area contributed by atoms with Crippen LogP contribution in [0.3, 0.4) is 0 Å². The number of hydrogen-bond acceptors (Lipinski definition) is 6. The first-order valence-corrected chi connectivity index (χ1v) is 11.6. The van der Waals surface area contributed by atoms with E-state index >= 15 is 0 Å². The number of carbonyl (C=O) groups excluding carboxylic acids is 1. The minimum atomic E-state index is -1.56. The Labute approximate surface area is 186 Å². The number of halogens is 2. The molecule has 0 saturated carbocycles. The van der Waals surface area contributed by atoms with E-state index in [-0.39, 0.29) is 24.0 Å². The predicted molar refractivity (Wildman–Crippen MR) is 116 cm³/mol. The van der Waals surface area contributed by atoms with Gasteiger partial charge in [0.1, 0.15) is 23.0 Å². The molecule has 0 aliphatic carbocycles. The van der Waals surface area contributed by atoms with Crippen LogP contribution >= 0.6 is 0 Å². The summed E-state index contributed by atoms with van der Waals surface area (Å²) in [5.74, 6) is -2.33. The van der Waals surface area contributed by atoms with Gasteiger partial charge in [-0.3, -0.25) is 14.2 Å². The average molecular weight is 467 g/mol. The van der Waals surface area contributed by atoms with Crippen LogP contribution in [-0.2, 0) is 26.9 Å². The van der Waals surface area contributed by atoms with E-state index in [1.54, 1.807) is 31.2 Å². The second-order valence-electron chi connectivity index (χ2n) is 7.73. The van der Waals surface area contributed by atoms with Crippen LogP contribution in [0.5, 0.6) is 0 Å². The van der Waals surface area contributed by atoms with E-state index in [4.69, 9.17) is 10.0 Å². The molecular weight excluding hydrogens is 442 g/mol. The molecule has 4 atom stereocenters. The lowest BCUT2D eigenvalue weighted by Gasteiger charge is -2.15. The zero-order valence-electron chi connectivity index (χ0n) is 17.5. The van der Waals surface area contributed by atoms with Gasteiger partial charge in [0.15, 0.2) is 0 Å². The van der Waals surface area contributed by atoms with Crippen LogP contribution in [0, 0.1) is 11.6 Å². The molecule has 1 aliphatic rings. The topological polar surface area (TPSA) is 108 Å². The lowest BCUT2D eigenvalue weighted by molar-refractivity contribution is -0.129. The third kappa shape index (κ3) is 5.56. The normalized spacial score (nSPS) is 18.4. The molecule has 172 valence electrons. The van der Waals surface area contributed by atoms with Crippen molar-refractivity contribution in [1.82, 2.24) is 5.48 Å². The quantitative estimate of drug-likeness (QED) is 0.410. The summed E-state index contributed by atoms with van der Waals surface area (Å²) in [4.78, 5) is 16.9. The molecule has 0 radical (unpaired) electrons. The molecule has 0 fully saturated rings. The van der Waals surface area contributed by atoms with E-state index in [1.807, 2.05) is 0 Å². The molecule has 2 aromatic carbocycles. The van der Waals surface area contributed by atoms with Gasteiger partial charge in [-0.15, -0.1) is 0 Å². The molecule has 1 amide bonds. The number of oxime groups is 1. The van der Waals surface area contributed by atoms with Crippen molar-refractivity contribution in [3.8, 4) is 11.1 Å². The van der Waals surface area contributed by atoms with Crippen LogP contribution in [0.1, 0.15) is 30.9 Å². The molecule has 32 heavy (non-hydrogen) atoms. The summed E-state index contributed by atoms with van der Waals surface area (Å²) < 4.78 is 41.4. The van der Waals surface area contributed by atoms with Gasteiger partial charge in [0, 0.05) is 35.5 Å². The SMILES string of the molecule is CC(O)Cc1ccc(-c2c(F)cc(C3=NOC(CC(C(=O)NO)S(C)=O)C3)cc2F)cc1. The van der Waals surface area contributed by atoms with Crippen LogP contribution in [0.4, 0.5) is 8.78 Å². The number of aliphatic hydroxyl groups excluding tert-OH is 1. The Morgan fingerprint density at radius 1 is 1.25 bits per heavy atom. The number of hydrogen-bond donors (Lipinski definition) is 3. The molecule has 0 spiro atoms. The summed E-state index contributed by atoms with van der Waals surface area (Å²) in [5, 5.41) is 21.1. The summed E-state index contributed by atoms with van der Waals surface area (Å²) in [6.45, 7) is 1.66. The van der Waals surface area contributed by atoms with Crippen molar-refractivity contribution in [2.75, 3.05) is 6.26 Å². The van der Waals surface area contributed by atoms with Gasteiger partial charge < -0.3 is 9.94 Å². The van der Waals surface area contributed by atoms with Gasteiger partial charge in [0.25, 0.3) is 5.91 Å². The first kappa shape index (κ1) is 24.0. The van der Waals surface area contributed by atoms with Crippen molar-refractivity contribution in [3.05, 3.63) is 59.2 Å². The van der Waals surface area contributed by atoms with Crippen LogP contribution < -0.4 is 5.48 Å². The van der Waals surface area contributed by atoms with Gasteiger partial charge in [-0.25, -0.2) is 14.3 Å². The van der Waals surface area contributed by atoms with E-state index in [9.17, 15) is 22.9 Å². The fourth-order valence-electron chi connectivity index (χ4n) is 3.59. The molecule has 1 heterocycles. The molecular formula is C22H24F2N2O5S. The van der Waals surface area contributed by atoms with Gasteiger partial charge in [-0.1, -0.05) is 29.4 Å². The van der Waals surface area contributed by atoms with E-state index in [0.29, 0.717) is 17.7 Å². The number of carbonyl (C=O) groups is 1. The number of nitrogens with one attached hydrogen (secondary N) is 1. The maximum absolute atomic E-state index is 14.8. The van der Waals surface area contributed by atoms with Gasteiger partial charge >= 0.3 is 0 Å². The summed E-state index contributed by atoms with van der Waals surface area (Å²) in [6, 6.07) is 8.96. The highest BCUT2D eigenvalue weighted by molar-refractivity contribution is 7.85. The summed E-state index contributed by atoms with van der Waals surface area (Å²) in [6.07, 6.45) is 0.818. The van der Waals surface area contributed by atoms with E-state index in [2.05, 4.69) is 5.16 Å².